The molecule has 0 spiro atoms. The van der Waals surface area contributed by atoms with Gasteiger partial charge in [0.15, 0.2) is 0 Å². The maximum Gasteiger partial charge on any atom is 0.317 e. The predicted octanol–water partition coefficient (Wildman–Crippen LogP) is 4.79. The number of urea groups is 1. The molecule has 2 aromatic rings. The van der Waals surface area contributed by atoms with E-state index in [2.05, 4.69) is 10.6 Å². The van der Waals surface area contributed by atoms with Gasteiger partial charge >= 0.3 is 6.03 Å². The number of likely N-dealkylation sites (tertiary alicyclic amines) is 1. The number of hydrogen-bond acceptors (Lipinski definition) is 3. The topological polar surface area (TPSA) is 74.3 Å². The molecule has 1 aliphatic carbocycles. The highest BCUT2D eigenvalue weighted by Crippen LogP contribution is 2.30. The van der Waals surface area contributed by atoms with Gasteiger partial charge in [0.05, 0.1) is 11.3 Å². The number of nitrogens with one attached hydrogen (secondary N) is 2. The van der Waals surface area contributed by atoms with Gasteiger partial charge in [-0.15, -0.1) is 0 Å². The summed E-state index contributed by atoms with van der Waals surface area (Å²) in [6.45, 7) is 4.60. The average molecular weight is 449 g/mol. The normalized spacial score (nSPS) is 17.5. The van der Waals surface area contributed by atoms with E-state index >= 15 is 0 Å². The van der Waals surface area contributed by atoms with Gasteiger partial charge in [-0.05, 0) is 56.2 Å². The molecular formula is C27H36N4O2. The van der Waals surface area contributed by atoms with Crippen molar-refractivity contribution in [3.8, 4) is 0 Å². The Bertz CT molecular complexity index is 932. The fourth-order valence-corrected chi connectivity index (χ4v) is 5.04. The van der Waals surface area contributed by atoms with E-state index < -0.39 is 0 Å². The molecule has 2 fully saturated rings. The standard InChI is InChI=1S/C27H36N4O2/c1-20-12-13-24(26(32)28-18-21-8-4-2-5-9-21)25(30-20)23-14-16-31(17-15-23)27(33)29-19-22-10-6-3-7-11-22/h3,6-7,10-13,21,23H,2,4-5,8-9,14-19H2,1H3,(H,28,32)(H,29,33). The number of aromatic nitrogens is 1. The second-order valence-electron chi connectivity index (χ2n) is 9.51. The zero-order chi connectivity index (χ0) is 23.0. The lowest BCUT2D eigenvalue weighted by molar-refractivity contribution is 0.0940. The van der Waals surface area contributed by atoms with E-state index in [1.54, 1.807) is 0 Å². The minimum absolute atomic E-state index is 0.00823. The van der Waals surface area contributed by atoms with E-state index in [9.17, 15) is 9.59 Å². The molecule has 1 aliphatic heterocycles. The fraction of sp³-hybridized carbons (Fsp3) is 0.519. The van der Waals surface area contributed by atoms with Gasteiger partial charge in [0, 0.05) is 37.8 Å². The summed E-state index contributed by atoms with van der Waals surface area (Å²) in [6, 6.07) is 13.8. The highest BCUT2D eigenvalue weighted by molar-refractivity contribution is 5.95. The second kappa shape index (κ2) is 11.3. The third kappa shape index (κ3) is 6.34. The molecule has 0 bridgehead atoms. The molecule has 4 rings (SSSR count). The SMILES string of the molecule is Cc1ccc(C(=O)NCC2CCCCC2)c(C2CCN(C(=O)NCc3ccccc3)CC2)n1. The first-order valence-corrected chi connectivity index (χ1v) is 12.4. The van der Waals surface area contributed by atoms with E-state index in [4.69, 9.17) is 4.98 Å². The van der Waals surface area contributed by atoms with Gasteiger partial charge < -0.3 is 15.5 Å². The van der Waals surface area contributed by atoms with Crippen LogP contribution in [0, 0.1) is 12.8 Å². The van der Waals surface area contributed by atoms with Crippen LogP contribution in [0.3, 0.4) is 0 Å². The van der Waals surface area contributed by atoms with Crippen molar-refractivity contribution >= 4 is 11.9 Å². The lowest BCUT2D eigenvalue weighted by atomic mass is 9.88. The highest BCUT2D eigenvalue weighted by Gasteiger charge is 2.28. The Morgan fingerprint density at radius 2 is 1.67 bits per heavy atom. The molecule has 3 amide bonds. The molecule has 6 heteroatoms. The smallest absolute Gasteiger partial charge is 0.317 e. The third-order valence-electron chi connectivity index (χ3n) is 7.04. The summed E-state index contributed by atoms with van der Waals surface area (Å²) in [4.78, 5) is 32.3. The Balaban J connectivity index is 1.33. The number of carbonyl (C=O) groups is 2. The van der Waals surface area contributed by atoms with Crippen LogP contribution in [0.25, 0.3) is 0 Å². The molecule has 1 aromatic carbocycles. The van der Waals surface area contributed by atoms with Crippen molar-refractivity contribution < 1.29 is 9.59 Å². The van der Waals surface area contributed by atoms with E-state index in [0.29, 0.717) is 31.1 Å². The van der Waals surface area contributed by atoms with Gasteiger partial charge in [0.25, 0.3) is 5.91 Å². The Labute approximate surface area is 197 Å². The van der Waals surface area contributed by atoms with E-state index in [1.807, 2.05) is 54.3 Å². The zero-order valence-electron chi connectivity index (χ0n) is 19.7. The largest absolute Gasteiger partial charge is 0.352 e. The molecule has 0 atom stereocenters. The summed E-state index contributed by atoms with van der Waals surface area (Å²) in [5.41, 5.74) is 3.61. The van der Waals surface area contributed by atoms with Gasteiger partial charge in [-0.3, -0.25) is 9.78 Å². The molecule has 2 heterocycles. The van der Waals surface area contributed by atoms with Crippen molar-refractivity contribution in [1.29, 1.82) is 0 Å². The number of rotatable bonds is 6. The number of carbonyl (C=O) groups excluding carboxylic acids is 2. The first-order valence-electron chi connectivity index (χ1n) is 12.4. The molecular weight excluding hydrogens is 412 g/mol. The van der Waals surface area contributed by atoms with E-state index in [-0.39, 0.29) is 17.9 Å². The second-order valence-corrected chi connectivity index (χ2v) is 9.51. The first kappa shape index (κ1) is 23.3. The Hall–Kier alpha value is -2.89. The number of aryl methyl sites for hydroxylation is 1. The predicted molar refractivity (Wildman–Crippen MR) is 130 cm³/mol. The molecule has 0 unspecified atom stereocenters. The van der Waals surface area contributed by atoms with E-state index in [0.717, 1.165) is 36.3 Å². The molecule has 33 heavy (non-hydrogen) atoms. The van der Waals surface area contributed by atoms with Gasteiger partial charge in [0.1, 0.15) is 0 Å². The average Bonchev–Trinajstić information content (AvgIpc) is 2.87. The molecule has 2 aliphatic rings. The highest BCUT2D eigenvalue weighted by atomic mass is 16.2. The van der Waals surface area contributed by atoms with Gasteiger partial charge in [-0.25, -0.2) is 4.79 Å². The Morgan fingerprint density at radius 3 is 2.39 bits per heavy atom. The van der Waals surface area contributed by atoms with Crippen LogP contribution in [-0.4, -0.2) is 41.5 Å². The number of nitrogens with zero attached hydrogens (tertiary/aromatic N) is 2. The third-order valence-corrected chi connectivity index (χ3v) is 7.04. The number of amides is 3. The molecule has 6 nitrogen and oxygen atoms in total. The molecule has 1 aromatic heterocycles. The number of piperidine rings is 1. The summed E-state index contributed by atoms with van der Waals surface area (Å²) in [7, 11) is 0. The monoisotopic (exact) mass is 448 g/mol. The molecule has 176 valence electrons. The van der Waals surface area contributed by atoms with Gasteiger partial charge in [-0.1, -0.05) is 49.6 Å². The van der Waals surface area contributed by atoms with Crippen LogP contribution in [0.1, 0.15) is 78.2 Å². The molecule has 2 N–H and O–H groups in total. The summed E-state index contributed by atoms with van der Waals surface area (Å²) >= 11 is 0. The van der Waals surface area contributed by atoms with Crippen LogP contribution in [0.4, 0.5) is 4.79 Å². The maximum absolute atomic E-state index is 13.0. The summed E-state index contributed by atoms with van der Waals surface area (Å²) in [5, 5.41) is 6.19. The fourth-order valence-electron chi connectivity index (χ4n) is 5.04. The van der Waals surface area contributed by atoms with Crippen LogP contribution >= 0.6 is 0 Å². The zero-order valence-corrected chi connectivity index (χ0v) is 19.7. The van der Waals surface area contributed by atoms with Crippen LogP contribution in [0.5, 0.6) is 0 Å². The van der Waals surface area contributed by atoms with Crippen LogP contribution < -0.4 is 10.6 Å². The summed E-state index contributed by atoms with van der Waals surface area (Å²) in [5.74, 6) is 0.784. The van der Waals surface area contributed by atoms with Crippen LogP contribution in [0.2, 0.25) is 0 Å². The number of pyridine rings is 1. The minimum atomic E-state index is -0.0278. The Morgan fingerprint density at radius 1 is 0.939 bits per heavy atom. The van der Waals surface area contributed by atoms with Crippen LogP contribution in [-0.2, 0) is 6.54 Å². The van der Waals surface area contributed by atoms with Crippen LogP contribution in [0.15, 0.2) is 42.5 Å². The van der Waals surface area contributed by atoms with Crippen molar-refractivity contribution in [2.45, 2.75) is 64.3 Å². The molecule has 1 saturated heterocycles. The lowest BCUT2D eigenvalue weighted by Crippen LogP contribution is -2.44. The quantitative estimate of drug-likeness (QED) is 0.667. The first-order chi connectivity index (χ1) is 16.1. The number of hydrogen-bond donors (Lipinski definition) is 2. The van der Waals surface area contributed by atoms with Crippen molar-refractivity contribution in [3.63, 3.8) is 0 Å². The lowest BCUT2D eigenvalue weighted by Gasteiger charge is -2.32. The molecule has 0 radical (unpaired) electrons. The Kier molecular flexibility index (Phi) is 7.97. The van der Waals surface area contributed by atoms with Crippen molar-refractivity contribution in [3.05, 3.63) is 65.0 Å². The minimum Gasteiger partial charge on any atom is -0.352 e. The van der Waals surface area contributed by atoms with E-state index in [1.165, 1.54) is 32.1 Å². The molecule has 1 saturated carbocycles. The number of benzene rings is 1. The maximum atomic E-state index is 13.0. The summed E-state index contributed by atoms with van der Waals surface area (Å²) in [6.07, 6.45) is 7.93. The summed E-state index contributed by atoms with van der Waals surface area (Å²) < 4.78 is 0. The van der Waals surface area contributed by atoms with Gasteiger partial charge in [-0.2, -0.15) is 0 Å². The van der Waals surface area contributed by atoms with Crippen molar-refractivity contribution in [2.24, 2.45) is 5.92 Å². The van der Waals surface area contributed by atoms with Gasteiger partial charge in [0.2, 0.25) is 0 Å². The van der Waals surface area contributed by atoms with Crippen molar-refractivity contribution in [1.82, 2.24) is 20.5 Å². The van der Waals surface area contributed by atoms with Crippen molar-refractivity contribution in [2.75, 3.05) is 19.6 Å².